The van der Waals surface area contributed by atoms with E-state index in [1.165, 1.54) is 19.9 Å². The maximum Gasteiger partial charge on any atom is 0.239 e. The Balaban J connectivity index is 1.27. The van der Waals surface area contributed by atoms with Crippen molar-refractivity contribution in [1.29, 1.82) is 0 Å². The van der Waals surface area contributed by atoms with Crippen molar-refractivity contribution in [1.82, 2.24) is 0 Å². The fourth-order valence-electron chi connectivity index (χ4n) is 6.25. The first kappa shape index (κ1) is 38.8. The molecule has 0 radical (unpaired) electrons. The maximum atomic E-state index is 13.8. The molecule has 292 valence electrons. The molecular weight excluding hydrogens is 716 g/mol. The highest BCUT2D eigenvalue weighted by Crippen LogP contribution is 2.40. The lowest BCUT2D eigenvalue weighted by molar-refractivity contribution is -0.367. The second kappa shape index (κ2) is 15.1. The standard InChI is InChI=1S/C33H40O20/c1-9-19(38)23(42)26(45)31(48-9)53-30-25(44)20(39)10(2)49-33(30)47-8-17-21(40)24(43)27(46)32(51-17)52-29-22(41)18-15(37)6-12(34)7-16(18)50-28(29)11-3-4-13(35)14(36)5-11/h3-7,9-10,17,19-21,23-27,30-40,42-46H,8H2,1-2H3/t9-,10+,17-,19+,20+,21-,23+,24+,25+,26-,27-,30-,31+,32+,33-/m1/s1. The highest BCUT2D eigenvalue weighted by molar-refractivity contribution is 5.88. The fraction of sp³-hybridized carbons (Fsp3) is 0.545. The number of aliphatic hydroxyl groups excluding tert-OH is 8. The first-order valence-electron chi connectivity index (χ1n) is 16.4. The number of hydrogen-bond donors (Lipinski definition) is 12. The van der Waals surface area contributed by atoms with E-state index in [4.69, 9.17) is 32.8 Å². The largest absolute Gasteiger partial charge is 0.508 e. The number of aliphatic hydroxyl groups is 8. The molecule has 3 aliphatic heterocycles. The fourth-order valence-corrected chi connectivity index (χ4v) is 6.25. The van der Waals surface area contributed by atoms with E-state index in [-0.39, 0.29) is 11.1 Å². The van der Waals surface area contributed by atoms with Gasteiger partial charge in [0.15, 0.2) is 29.8 Å². The molecule has 15 atom stereocenters. The molecule has 3 saturated heterocycles. The molecular formula is C33H40O20. The molecule has 0 bridgehead atoms. The van der Waals surface area contributed by atoms with Crippen LogP contribution in [0, 0.1) is 0 Å². The Morgan fingerprint density at radius 1 is 0.642 bits per heavy atom. The van der Waals surface area contributed by atoms with E-state index in [9.17, 15) is 66.1 Å². The van der Waals surface area contributed by atoms with Crippen molar-refractivity contribution in [2.24, 2.45) is 0 Å². The third-order valence-electron chi connectivity index (χ3n) is 9.37. The van der Waals surface area contributed by atoms with Crippen LogP contribution in [0.1, 0.15) is 13.8 Å². The van der Waals surface area contributed by atoms with E-state index in [0.29, 0.717) is 0 Å². The minimum Gasteiger partial charge on any atom is -0.508 e. The van der Waals surface area contributed by atoms with Gasteiger partial charge >= 0.3 is 0 Å². The van der Waals surface area contributed by atoms with Crippen molar-refractivity contribution in [2.45, 2.75) is 106 Å². The van der Waals surface area contributed by atoms with Crippen LogP contribution in [0.25, 0.3) is 22.3 Å². The lowest BCUT2D eigenvalue weighted by Crippen LogP contribution is -2.64. The second-order valence-corrected chi connectivity index (χ2v) is 13.1. The number of hydrogen-bond acceptors (Lipinski definition) is 20. The Bertz CT molecular complexity index is 1830. The summed E-state index contributed by atoms with van der Waals surface area (Å²) in [6.45, 7) is 2.08. The minimum atomic E-state index is -2.04. The number of phenolic OH excluding ortho intramolecular Hbond substituents is 4. The zero-order chi connectivity index (χ0) is 38.6. The zero-order valence-electron chi connectivity index (χ0n) is 27.9. The Hall–Kier alpha value is -3.87. The smallest absolute Gasteiger partial charge is 0.239 e. The molecule has 12 N–H and O–H groups in total. The molecule has 3 aliphatic rings. The van der Waals surface area contributed by atoms with E-state index < -0.39 is 144 Å². The van der Waals surface area contributed by atoms with Gasteiger partial charge in [-0.25, -0.2) is 0 Å². The number of rotatable bonds is 8. The van der Waals surface area contributed by atoms with Crippen LogP contribution in [0.15, 0.2) is 39.5 Å². The monoisotopic (exact) mass is 756 g/mol. The molecule has 6 rings (SSSR count). The molecule has 4 heterocycles. The Morgan fingerprint density at radius 3 is 1.94 bits per heavy atom. The van der Waals surface area contributed by atoms with Gasteiger partial charge in [0.25, 0.3) is 0 Å². The summed E-state index contributed by atoms with van der Waals surface area (Å²) in [5.74, 6) is -3.53. The number of phenols is 4. The summed E-state index contributed by atoms with van der Waals surface area (Å²) >= 11 is 0. The van der Waals surface area contributed by atoms with Gasteiger partial charge < -0.3 is 94.1 Å². The average Bonchev–Trinajstić information content (AvgIpc) is 3.11. The van der Waals surface area contributed by atoms with Crippen LogP contribution < -0.4 is 10.2 Å². The molecule has 20 nitrogen and oxygen atoms in total. The third-order valence-corrected chi connectivity index (χ3v) is 9.37. The van der Waals surface area contributed by atoms with Gasteiger partial charge in [-0.05, 0) is 32.0 Å². The number of aromatic hydroxyl groups is 4. The van der Waals surface area contributed by atoms with E-state index in [1.807, 2.05) is 0 Å². The Morgan fingerprint density at radius 2 is 1.26 bits per heavy atom. The van der Waals surface area contributed by atoms with Crippen LogP contribution in [0.5, 0.6) is 28.7 Å². The van der Waals surface area contributed by atoms with Crippen molar-refractivity contribution < 1.29 is 94.1 Å². The Labute approximate surface area is 298 Å². The van der Waals surface area contributed by atoms with Crippen molar-refractivity contribution in [3.8, 4) is 40.1 Å². The van der Waals surface area contributed by atoms with Crippen LogP contribution in [0.2, 0.25) is 0 Å². The molecule has 0 unspecified atom stereocenters. The summed E-state index contributed by atoms with van der Waals surface area (Å²) in [6, 6.07) is 5.14. The summed E-state index contributed by atoms with van der Waals surface area (Å²) in [6.07, 6.45) is -24.7. The SMILES string of the molecule is C[C@@H]1O[C@@H](OC[C@H]2O[C@@H](Oc3c(-c4ccc(O)c(O)c4)oc4cc(O)cc(O)c4c3=O)[C@H](O)[C@@H](O)[C@@H]2O)[C@H](O[C@@H]2O[C@H](C)[C@H](O)[C@H](O)[C@H]2O)[C@@H](O)[C@H]1O. The average molecular weight is 757 g/mol. The van der Waals surface area contributed by atoms with Gasteiger partial charge in [-0.1, -0.05) is 0 Å². The molecule has 53 heavy (non-hydrogen) atoms. The zero-order valence-corrected chi connectivity index (χ0v) is 27.9. The van der Waals surface area contributed by atoms with Crippen LogP contribution >= 0.6 is 0 Å². The summed E-state index contributed by atoms with van der Waals surface area (Å²) in [5.41, 5.74) is -1.46. The summed E-state index contributed by atoms with van der Waals surface area (Å²) in [5, 5.41) is 125. The molecule has 3 fully saturated rings. The quantitative estimate of drug-likeness (QED) is 0.103. The highest BCUT2D eigenvalue weighted by Gasteiger charge is 2.51. The number of benzene rings is 2. The van der Waals surface area contributed by atoms with Crippen molar-refractivity contribution in [3.63, 3.8) is 0 Å². The number of fused-ring (bicyclic) bond motifs is 1. The van der Waals surface area contributed by atoms with Gasteiger partial charge in [0, 0.05) is 17.7 Å². The normalized spacial score (nSPS) is 37.8. The van der Waals surface area contributed by atoms with Crippen molar-refractivity contribution in [3.05, 3.63) is 40.6 Å². The topological polar surface area (TPSA) is 328 Å². The van der Waals surface area contributed by atoms with Gasteiger partial charge in [-0.15, -0.1) is 0 Å². The lowest BCUT2D eigenvalue weighted by Gasteiger charge is -2.46. The van der Waals surface area contributed by atoms with Gasteiger partial charge in [-0.2, -0.15) is 0 Å². The van der Waals surface area contributed by atoms with Crippen LogP contribution in [-0.2, 0) is 23.7 Å². The van der Waals surface area contributed by atoms with Crippen LogP contribution in [0.3, 0.4) is 0 Å². The van der Waals surface area contributed by atoms with E-state index in [0.717, 1.165) is 24.3 Å². The molecule has 1 aromatic heterocycles. The van der Waals surface area contributed by atoms with E-state index in [1.54, 1.807) is 0 Å². The highest BCUT2D eigenvalue weighted by atomic mass is 16.8. The van der Waals surface area contributed by atoms with Gasteiger partial charge in [0.1, 0.15) is 83.5 Å². The first-order valence-corrected chi connectivity index (χ1v) is 16.4. The van der Waals surface area contributed by atoms with Gasteiger partial charge in [-0.3, -0.25) is 4.79 Å². The number of ether oxygens (including phenoxy) is 6. The molecule has 0 aliphatic carbocycles. The predicted octanol–water partition coefficient (Wildman–Crippen LogP) is -2.84. The third kappa shape index (κ3) is 7.34. The summed E-state index contributed by atoms with van der Waals surface area (Å²) in [4.78, 5) is 13.8. The van der Waals surface area contributed by atoms with Crippen LogP contribution in [-0.4, -0.2) is 160 Å². The molecule has 0 spiro atoms. The second-order valence-electron chi connectivity index (χ2n) is 13.1. The van der Waals surface area contributed by atoms with E-state index >= 15 is 0 Å². The summed E-state index contributed by atoms with van der Waals surface area (Å²) in [7, 11) is 0. The van der Waals surface area contributed by atoms with E-state index in [2.05, 4.69) is 0 Å². The van der Waals surface area contributed by atoms with Gasteiger partial charge in [0.2, 0.25) is 17.5 Å². The molecule has 0 saturated carbocycles. The minimum absolute atomic E-state index is 0.0678. The van der Waals surface area contributed by atoms with Gasteiger partial charge in [0.05, 0.1) is 18.8 Å². The van der Waals surface area contributed by atoms with Crippen LogP contribution in [0.4, 0.5) is 0 Å². The lowest BCUT2D eigenvalue weighted by atomic mass is 9.97. The molecule has 3 aromatic rings. The Kier molecular flexibility index (Phi) is 11.1. The molecule has 0 amide bonds. The predicted molar refractivity (Wildman–Crippen MR) is 171 cm³/mol. The molecule has 20 heteroatoms. The maximum absolute atomic E-state index is 13.8. The van der Waals surface area contributed by atoms with Crippen molar-refractivity contribution >= 4 is 11.0 Å². The first-order chi connectivity index (χ1) is 25.0. The van der Waals surface area contributed by atoms with Crippen molar-refractivity contribution in [2.75, 3.05) is 6.61 Å². The molecule has 2 aromatic carbocycles. The summed E-state index contributed by atoms with van der Waals surface area (Å²) < 4.78 is 39.8.